The molecule has 0 spiro atoms. The summed E-state index contributed by atoms with van der Waals surface area (Å²) in [6.45, 7) is 7.56. The van der Waals surface area contributed by atoms with Crippen LogP contribution in [0.15, 0.2) is 10.7 Å². The van der Waals surface area contributed by atoms with Gasteiger partial charge < -0.3 is 14.8 Å². The number of carbonyl (C=O) groups excluding carboxylic acids is 2. The predicted octanol–water partition coefficient (Wildman–Crippen LogP) is 2.52. The third-order valence-electron chi connectivity index (χ3n) is 2.44. The number of esters is 1. The Hall–Kier alpha value is -1.57. The number of hydrogen-bond acceptors (Lipinski definition) is 5. The van der Waals surface area contributed by atoms with Crippen LogP contribution in [0.1, 0.15) is 44.2 Å². The summed E-state index contributed by atoms with van der Waals surface area (Å²) in [5.41, 5.74) is -0.342. The van der Waals surface area contributed by atoms with Gasteiger partial charge in [-0.15, -0.1) is 0 Å². The first-order valence-corrected chi connectivity index (χ1v) is 7.23. The van der Waals surface area contributed by atoms with Crippen LogP contribution in [0.5, 0.6) is 0 Å². The molecule has 0 aliphatic carbocycles. The molecule has 0 saturated carbocycles. The lowest BCUT2D eigenvalue weighted by Crippen LogP contribution is -2.35. The number of hydrogen-bond donors (Lipinski definition) is 1. The highest BCUT2D eigenvalue weighted by molar-refractivity contribution is 9.10. The number of rotatable bonds is 4. The molecule has 0 aliphatic rings. The van der Waals surface area contributed by atoms with E-state index in [2.05, 4.69) is 31.1 Å². The highest BCUT2D eigenvalue weighted by Crippen LogP contribution is 2.18. The van der Waals surface area contributed by atoms with Gasteiger partial charge in [0.25, 0.3) is 0 Å². The van der Waals surface area contributed by atoms with E-state index in [0.29, 0.717) is 11.1 Å². The van der Waals surface area contributed by atoms with Gasteiger partial charge in [-0.1, -0.05) is 0 Å². The Labute approximate surface area is 132 Å². The fraction of sp³-hybridized carbons (Fsp3) is 0.615. The molecule has 1 rings (SSSR count). The molecule has 1 aromatic heterocycles. The lowest BCUT2D eigenvalue weighted by molar-refractivity contribution is 0.0517. The van der Waals surface area contributed by atoms with Crippen molar-refractivity contribution < 1.29 is 19.1 Å². The molecule has 1 aromatic rings. The molecule has 1 heterocycles. The van der Waals surface area contributed by atoms with Crippen LogP contribution in [0.25, 0.3) is 0 Å². The minimum absolute atomic E-state index is 0.162. The van der Waals surface area contributed by atoms with Gasteiger partial charge in [0.1, 0.15) is 10.2 Å². The molecule has 0 radical (unpaired) electrons. The molecule has 7 nitrogen and oxygen atoms in total. The molecule has 1 N–H and O–H groups in total. The van der Waals surface area contributed by atoms with E-state index in [1.165, 1.54) is 7.11 Å². The van der Waals surface area contributed by atoms with Gasteiger partial charge in [0.2, 0.25) is 0 Å². The van der Waals surface area contributed by atoms with Crippen LogP contribution in [-0.4, -0.2) is 41.1 Å². The quantitative estimate of drug-likeness (QED) is 0.833. The van der Waals surface area contributed by atoms with E-state index in [-0.39, 0.29) is 11.7 Å². The monoisotopic (exact) mass is 361 g/mol. The number of halogens is 1. The number of ether oxygens (including phenoxy) is 2. The number of nitrogens with zero attached hydrogens (tertiary/aromatic N) is 2. The molecule has 0 aromatic carbocycles. The standard InChI is InChI=1S/C13H20BrN3O4/c1-8(7-15-12(19)21-13(2,3)4)17-10(14)6-9(16-17)11(18)20-5/h6,8H,7H2,1-5H3,(H,15,19)/t8-/m0/s1. The van der Waals surface area contributed by atoms with Gasteiger partial charge in [0, 0.05) is 12.6 Å². The maximum absolute atomic E-state index is 11.6. The van der Waals surface area contributed by atoms with Crippen LogP contribution in [-0.2, 0) is 9.47 Å². The van der Waals surface area contributed by atoms with E-state index < -0.39 is 17.7 Å². The third kappa shape index (κ3) is 5.37. The number of aromatic nitrogens is 2. The number of carbonyl (C=O) groups is 2. The zero-order valence-corrected chi connectivity index (χ0v) is 14.4. The highest BCUT2D eigenvalue weighted by Gasteiger charge is 2.19. The normalized spacial score (nSPS) is 12.7. The maximum Gasteiger partial charge on any atom is 0.407 e. The molecule has 0 unspecified atom stereocenters. The first kappa shape index (κ1) is 17.5. The first-order chi connectivity index (χ1) is 9.64. The Kier molecular flexibility index (Phi) is 5.77. The zero-order chi connectivity index (χ0) is 16.2. The summed E-state index contributed by atoms with van der Waals surface area (Å²) < 4.78 is 12.0. The van der Waals surface area contributed by atoms with Gasteiger partial charge in [-0.3, -0.25) is 4.68 Å². The molecule has 0 aliphatic heterocycles. The number of amides is 1. The lowest BCUT2D eigenvalue weighted by atomic mass is 10.2. The van der Waals surface area contributed by atoms with Crippen molar-refractivity contribution in [3.63, 3.8) is 0 Å². The lowest BCUT2D eigenvalue weighted by Gasteiger charge is -2.21. The zero-order valence-electron chi connectivity index (χ0n) is 12.8. The van der Waals surface area contributed by atoms with Crippen LogP contribution >= 0.6 is 15.9 Å². The van der Waals surface area contributed by atoms with E-state index in [0.717, 1.165) is 0 Å². The summed E-state index contributed by atoms with van der Waals surface area (Å²) in [6.07, 6.45) is -0.495. The predicted molar refractivity (Wildman–Crippen MR) is 80.2 cm³/mol. The van der Waals surface area contributed by atoms with Crippen molar-refractivity contribution in [1.29, 1.82) is 0 Å². The van der Waals surface area contributed by atoms with Crippen molar-refractivity contribution in [2.45, 2.75) is 39.3 Å². The minimum Gasteiger partial charge on any atom is -0.464 e. The summed E-state index contributed by atoms with van der Waals surface area (Å²) in [6, 6.07) is 1.40. The smallest absolute Gasteiger partial charge is 0.407 e. The number of methoxy groups -OCH3 is 1. The Morgan fingerprint density at radius 2 is 2.10 bits per heavy atom. The van der Waals surface area contributed by atoms with Crippen molar-refractivity contribution in [1.82, 2.24) is 15.1 Å². The van der Waals surface area contributed by atoms with Crippen molar-refractivity contribution >= 4 is 28.0 Å². The average Bonchev–Trinajstić information content (AvgIpc) is 2.75. The summed E-state index contributed by atoms with van der Waals surface area (Å²) in [5.74, 6) is -0.512. The largest absolute Gasteiger partial charge is 0.464 e. The Bertz CT molecular complexity index is 522. The van der Waals surface area contributed by atoms with Crippen LogP contribution in [0, 0.1) is 0 Å². The van der Waals surface area contributed by atoms with Crippen molar-refractivity contribution in [3.8, 4) is 0 Å². The fourth-order valence-electron chi connectivity index (χ4n) is 1.52. The average molecular weight is 362 g/mol. The van der Waals surface area contributed by atoms with Crippen molar-refractivity contribution in [3.05, 3.63) is 16.4 Å². The Balaban J connectivity index is 2.64. The van der Waals surface area contributed by atoms with Gasteiger partial charge in [0.15, 0.2) is 5.69 Å². The summed E-state index contributed by atoms with van der Waals surface area (Å²) in [5, 5.41) is 6.79. The first-order valence-electron chi connectivity index (χ1n) is 6.44. The van der Waals surface area contributed by atoms with Crippen molar-refractivity contribution in [2.24, 2.45) is 0 Å². The third-order valence-corrected chi connectivity index (χ3v) is 3.04. The maximum atomic E-state index is 11.6. The SMILES string of the molecule is COC(=O)c1cc(Br)n([C@@H](C)CNC(=O)OC(C)(C)C)n1. The molecule has 0 saturated heterocycles. The number of nitrogens with one attached hydrogen (secondary N) is 1. The molecular formula is C13H20BrN3O4. The molecule has 0 fully saturated rings. The molecular weight excluding hydrogens is 342 g/mol. The second kappa shape index (κ2) is 6.93. The van der Waals surface area contributed by atoms with Crippen LogP contribution in [0.4, 0.5) is 4.79 Å². The van der Waals surface area contributed by atoms with Gasteiger partial charge in [-0.2, -0.15) is 5.10 Å². The fourth-order valence-corrected chi connectivity index (χ4v) is 2.16. The molecule has 1 amide bonds. The van der Waals surface area contributed by atoms with E-state index >= 15 is 0 Å². The molecule has 118 valence electrons. The number of alkyl carbamates (subject to hydrolysis) is 1. The summed E-state index contributed by atoms with van der Waals surface area (Å²) in [7, 11) is 1.29. The minimum atomic E-state index is -0.544. The molecule has 21 heavy (non-hydrogen) atoms. The summed E-state index contributed by atoms with van der Waals surface area (Å²) in [4.78, 5) is 23.0. The van der Waals surface area contributed by atoms with Crippen LogP contribution < -0.4 is 5.32 Å². The summed E-state index contributed by atoms with van der Waals surface area (Å²) >= 11 is 3.32. The van der Waals surface area contributed by atoms with Gasteiger partial charge in [0.05, 0.1) is 13.2 Å². The Morgan fingerprint density at radius 1 is 1.48 bits per heavy atom. The molecule has 0 bridgehead atoms. The molecule has 8 heteroatoms. The van der Waals surface area contributed by atoms with Crippen LogP contribution in [0.2, 0.25) is 0 Å². The van der Waals surface area contributed by atoms with Gasteiger partial charge >= 0.3 is 12.1 Å². The van der Waals surface area contributed by atoms with Crippen molar-refractivity contribution in [2.75, 3.05) is 13.7 Å². The van der Waals surface area contributed by atoms with Gasteiger partial charge in [-0.05, 0) is 43.6 Å². The second-order valence-corrected chi connectivity index (χ2v) is 6.33. The van der Waals surface area contributed by atoms with E-state index in [1.54, 1.807) is 31.5 Å². The second-order valence-electron chi connectivity index (χ2n) is 5.52. The molecule has 1 atom stereocenters. The van der Waals surface area contributed by atoms with E-state index in [4.69, 9.17) is 4.74 Å². The van der Waals surface area contributed by atoms with E-state index in [1.807, 2.05) is 6.92 Å². The van der Waals surface area contributed by atoms with E-state index in [9.17, 15) is 9.59 Å². The highest BCUT2D eigenvalue weighted by atomic mass is 79.9. The van der Waals surface area contributed by atoms with Gasteiger partial charge in [-0.25, -0.2) is 9.59 Å². The topological polar surface area (TPSA) is 82.5 Å². The Morgan fingerprint density at radius 3 is 2.62 bits per heavy atom. The van der Waals surface area contributed by atoms with Crippen LogP contribution in [0.3, 0.4) is 0 Å².